The van der Waals surface area contributed by atoms with E-state index in [1.54, 1.807) is 0 Å². The normalized spacial score (nSPS) is 10.3. The van der Waals surface area contributed by atoms with Crippen molar-refractivity contribution in [2.45, 2.75) is 130 Å². The Labute approximate surface area is 205 Å². The minimum Gasteiger partial charge on any atom is -0.550 e. The smallest absolute Gasteiger partial charge is 0.0414 e. The molecule has 0 aliphatic rings. The molecule has 0 bridgehead atoms. The number of unbranched alkanes of at least 4 members (excludes halogenated alkanes) is 11. The summed E-state index contributed by atoms with van der Waals surface area (Å²) in [5.41, 5.74) is 0. The van der Waals surface area contributed by atoms with E-state index in [0.717, 1.165) is 19.3 Å². The molecule has 6 nitrogen and oxygen atoms in total. The van der Waals surface area contributed by atoms with Gasteiger partial charge >= 0.3 is 40.4 Å². The van der Waals surface area contributed by atoms with E-state index in [1.807, 2.05) is 13.8 Å². The van der Waals surface area contributed by atoms with Crippen LogP contribution in [0.15, 0.2) is 12.2 Å². The third-order valence-corrected chi connectivity index (χ3v) is 4.85. The number of aliphatic carboxylic acids is 2. The van der Waals surface area contributed by atoms with E-state index in [2.05, 4.69) is 39.5 Å². The molecule has 0 N–H and O–H groups in total. The molecule has 0 atom stereocenters. The quantitative estimate of drug-likeness (QED) is 0.130. The summed E-state index contributed by atoms with van der Waals surface area (Å²) in [6.45, 7) is 7.42. The van der Waals surface area contributed by atoms with Gasteiger partial charge in [-0.2, -0.15) is 0 Å². The van der Waals surface area contributed by atoms with Crippen molar-refractivity contribution in [1.82, 2.24) is 0 Å². The van der Waals surface area contributed by atoms with Gasteiger partial charge in [0.2, 0.25) is 0 Å². The summed E-state index contributed by atoms with van der Waals surface area (Å²) < 4.78 is 4.67. The zero-order chi connectivity index (χ0) is 25.0. The Balaban J connectivity index is -0.000000572. The molecule has 0 spiro atoms. The Morgan fingerprint density at radius 3 is 1.50 bits per heavy atom. The van der Waals surface area contributed by atoms with E-state index in [9.17, 15) is 24.6 Å². The van der Waals surface area contributed by atoms with E-state index in [4.69, 9.17) is 0 Å². The molecule has 0 aromatic heterocycles. The second-order valence-electron chi connectivity index (χ2n) is 8.14. The molecule has 0 aromatic carbocycles. The monoisotopic (exact) mass is 468 g/mol. The second-order valence-corrected chi connectivity index (χ2v) is 8.41. The van der Waals surface area contributed by atoms with E-state index in [1.165, 1.54) is 71.1 Å². The van der Waals surface area contributed by atoms with Gasteiger partial charge in [0, 0.05) is 18.4 Å². The fourth-order valence-electron chi connectivity index (χ4n) is 2.54. The molecule has 0 aliphatic carbocycles. The van der Waals surface area contributed by atoms with Crippen molar-refractivity contribution in [3.05, 3.63) is 12.2 Å². The van der Waals surface area contributed by atoms with Crippen LogP contribution in [0.4, 0.5) is 0 Å². The van der Waals surface area contributed by atoms with Gasteiger partial charge in [-0.15, -0.1) is 0 Å². The second kappa shape index (κ2) is 29.8. The number of Topliss-reactive ketones (excluding diaryl/α,β-unsaturated/α-hetero) is 1. The maximum absolute atomic E-state index is 10.2. The summed E-state index contributed by atoms with van der Waals surface area (Å²) in [7, 11) is 0. The van der Waals surface area contributed by atoms with Crippen LogP contribution in [-0.2, 0) is 18.2 Å². The van der Waals surface area contributed by atoms with Crippen LogP contribution in [-0.4, -0.2) is 40.4 Å². The van der Waals surface area contributed by atoms with Crippen molar-refractivity contribution in [1.29, 1.82) is 0 Å². The molecular formula is C25H45AlO6. The topological polar surface area (TPSA) is 107 Å². The minimum atomic E-state index is -1.31. The van der Waals surface area contributed by atoms with Gasteiger partial charge in [0.15, 0.2) is 0 Å². The molecule has 0 saturated carbocycles. The molecule has 0 aliphatic heterocycles. The van der Waals surface area contributed by atoms with Crippen LogP contribution >= 0.6 is 0 Å². The van der Waals surface area contributed by atoms with Crippen molar-refractivity contribution >= 4 is 34.3 Å². The third kappa shape index (κ3) is 46.9. The average Bonchev–Trinajstić information content (AvgIpc) is 2.70. The van der Waals surface area contributed by atoms with Crippen molar-refractivity contribution in [2.75, 3.05) is 0 Å². The molecule has 0 aromatic rings. The molecule has 0 radical (unpaired) electrons. The largest absolute Gasteiger partial charge is 0.550 e. The van der Waals surface area contributed by atoms with Crippen LogP contribution in [0.25, 0.3) is 0 Å². The predicted molar refractivity (Wildman–Crippen MR) is 127 cm³/mol. The van der Waals surface area contributed by atoms with Crippen molar-refractivity contribution in [3.63, 3.8) is 0 Å². The maximum atomic E-state index is 10.2. The minimum absolute atomic E-state index is 0.220. The summed E-state index contributed by atoms with van der Waals surface area (Å²) >= 11 is 2.19. The Bertz CT molecular complexity index is 451. The molecule has 0 rings (SSSR count). The van der Waals surface area contributed by atoms with Gasteiger partial charge in [0.1, 0.15) is 5.78 Å². The first kappa shape index (κ1) is 35.4. The summed E-state index contributed by atoms with van der Waals surface area (Å²) in [5.74, 6) is -2.60. The maximum Gasteiger partial charge on any atom is 0.0414 e. The molecule has 7 heteroatoms. The Kier molecular flexibility index (Phi) is 33.0. The number of rotatable bonds is 18. The molecule has 184 valence electrons. The predicted octanol–water partition coefficient (Wildman–Crippen LogP) is 3.98. The molecule has 0 heterocycles. The first-order valence-electron chi connectivity index (χ1n) is 12.1. The zero-order valence-electron chi connectivity index (χ0n) is 20.9. The molecule has 0 saturated heterocycles. The number of carbonyl (C=O) groups excluding carboxylic acids is 3. The molecule has 0 amide bonds. The van der Waals surface area contributed by atoms with Gasteiger partial charge in [-0.3, -0.25) is 4.79 Å². The Morgan fingerprint density at radius 1 is 0.781 bits per heavy atom. The van der Waals surface area contributed by atoms with Gasteiger partial charge in [0.05, 0.1) is 0 Å². The fourth-order valence-corrected chi connectivity index (χ4v) is 2.54. The first-order chi connectivity index (χ1) is 15.2. The van der Waals surface area contributed by atoms with Gasteiger partial charge in [-0.1, -0.05) is 70.4 Å². The molecule has 0 fully saturated rings. The van der Waals surface area contributed by atoms with Gasteiger partial charge in [0.25, 0.3) is 0 Å². The first-order valence-corrected chi connectivity index (χ1v) is 12.5. The average molecular weight is 469 g/mol. The summed E-state index contributed by atoms with van der Waals surface area (Å²) in [6, 6.07) is 0. The van der Waals surface area contributed by atoms with E-state index >= 15 is 0 Å². The molecular weight excluding hydrogens is 423 g/mol. The van der Waals surface area contributed by atoms with Crippen molar-refractivity contribution in [3.8, 4) is 0 Å². The molecule has 0 unspecified atom stereocenters. The number of carbonyl (C=O) groups is 3. The standard InChI is InChI=1S/C18H34O2.C4H6O3.C3H7O.Al/c1-2-3-4-5-6-7-8-9-10-11-12-13-14-15-16-17-18(19)20;1-3(5)2-4(6)7;1-3(2)4;/h9-10H,2-8,11-17H2,1H3,(H,19,20);2H2,1H3,(H,6,7);3H,1-2H3;/q;;-1;+3/p-2/b10-9-;;;. The van der Waals surface area contributed by atoms with Crippen LogP contribution < -0.4 is 10.2 Å². The Hall–Kier alpha value is -1.16. The van der Waals surface area contributed by atoms with Gasteiger partial charge in [-0.25, -0.2) is 0 Å². The van der Waals surface area contributed by atoms with E-state index < -0.39 is 18.4 Å². The fraction of sp³-hybridized carbons (Fsp3) is 0.800. The zero-order valence-corrected chi connectivity index (χ0v) is 22.0. The number of carboxylic acids is 2. The van der Waals surface area contributed by atoms with Crippen LogP contribution in [0.1, 0.15) is 124 Å². The van der Waals surface area contributed by atoms with Crippen molar-refractivity contribution < 1.29 is 28.4 Å². The van der Waals surface area contributed by atoms with Crippen LogP contribution in [0.2, 0.25) is 0 Å². The van der Waals surface area contributed by atoms with Crippen LogP contribution in [0.5, 0.6) is 0 Å². The third-order valence-electron chi connectivity index (χ3n) is 4.31. The Morgan fingerprint density at radius 2 is 1.19 bits per heavy atom. The molecule has 32 heavy (non-hydrogen) atoms. The number of allylic oxidation sites excluding steroid dienone is 2. The summed E-state index contributed by atoms with van der Waals surface area (Å²) in [5, 5.41) is 19.7. The van der Waals surface area contributed by atoms with Gasteiger partial charge in [-0.05, 0) is 45.4 Å². The number of hydrogen-bond donors (Lipinski definition) is 0. The van der Waals surface area contributed by atoms with E-state index in [-0.39, 0.29) is 12.2 Å². The SMILES string of the molecule is CC(=O)CC(=O)[O-].CC(C)[O][Al+2].CCCCCCCC/C=C\CCCCCCCC(=O)[O-]. The number of hydrogen-bond acceptors (Lipinski definition) is 6. The summed E-state index contributed by atoms with van der Waals surface area (Å²) in [6.07, 6.45) is 20.8. The van der Waals surface area contributed by atoms with E-state index in [0.29, 0.717) is 6.10 Å². The summed E-state index contributed by atoms with van der Waals surface area (Å²) in [4.78, 5) is 29.5. The van der Waals surface area contributed by atoms with Gasteiger partial charge < -0.3 is 19.8 Å². The van der Waals surface area contributed by atoms with Crippen LogP contribution in [0, 0.1) is 0 Å². The van der Waals surface area contributed by atoms with Crippen molar-refractivity contribution in [2.24, 2.45) is 0 Å². The number of carboxylic acid groups (broad SMARTS) is 2. The van der Waals surface area contributed by atoms with Crippen LogP contribution in [0.3, 0.4) is 0 Å². The number of ketones is 1.